The molecule has 12 heteroatoms. The lowest BCUT2D eigenvalue weighted by Gasteiger charge is -2.39. The predicted molar refractivity (Wildman–Crippen MR) is 170 cm³/mol. The first-order valence-electron chi connectivity index (χ1n) is 15.0. The highest BCUT2D eigenvalue weighted by molar-refractivity contribution is 5.98. The van der Waals surface area contributed by atoms with Crippen LogP contribution in [0.1, 0.15) is 19.8 Å². The number of benzene rings is 2. The number of aromatic nitrogens is 4. The third-order valence-corrected chi connectivity index (χ3v) is 8.74. The van der Waals surface area contributed by atoms with Gasteiger partial charge in [0.05, 0.1) is 30.7 Å². The number of piperazine rings is 1. The second kappa shape index (κ2) is 11.3. The molecule has 44 heavy (non-hydrogen) atoms. The number of hydrogen-bond donors (Lipinski definition) is 1. The number of hydrogen-bond acceptors (Lipinski definition) is 9. The first kappa shape index (κ1) is 28.0. The third kappa shape index (κ3) is 4.94. The van der Waals surface area contributed by atoms with Crippen molar-refractivity contribution in [2.24, 2.45) is 0 Å². The van der Waals surface area contributed by atoms with E-state index in [4.69, 9.17) is 14.5 Å². The van der Waals surface area contributed by atoms with Crippen LogP contribution >= 0.6 is 0 Å². The second-order valence-electron chi connectivity index (χ2n) is 11.5. The van der Waals surface area contributed by atoms with Crippen LogP contribution in [0.3, 0.4) is 0 Å². The number of methoxy groups -OCH3 is 1. The molecule has 0 radical (unpaired) electrons. The normalized spacial score (nSPS) is 19.5. The molecule has 1 unspecified atom stereocenters. The van der Waals surface area contributed by atoms with E-state index in [0.717, 1.165) is 49.6 Å². The Labute approximate surface area is 255 Å². The molecule has 0 spiro atoms. The lowest BCUT2D eigenvalue weighted by molar-refractivity contribution is -0.121. The molecule has 2 aromatic carbocycles. The average molecular weight is 597 g/mol. The van der Waals surface area contributed by atoms with E-state index in [2.05, 4.69) is 46.2 Å². The molecule has 1 N–H and O–H groups in total. The molecule has 1 fully saturated rings. The lowest BCUT2D eigenvalue weighted by Crippen LogP contribution is -2.50. The van der Waals surface area contributed by atoms with E-state index in [1.54, 1.807) is 27.6 Å². The van der Waals surface area contributed by atoms with Crippen molar-refractivity contribution >= 4 is 40.0 Å². The molecule has 3 aliphatic rings. The van der Waals surface area contributed by atoms with Gasteiger partial charge >= 0.3 is 0 Å². The molecular weight excluding hydrogens is 560 g/mol. The molecule has 12 nitrogen and oxygen atoms in total. The number of carbonyl (C=O) groups is 1. The van der Waals surface area contributed by atoms with Crippen molar-refractivity contribution < 1.29 is 14.3 Å². The minimum Gasteiger partial charge on any atom is -0.495 e. The molecule has 1 amide bonds. The fourth-order valence-electron chi connectivity index (χ4n) is 6.16. The summed E-state index contributed by atoms with van der Waals surface area (Å²) in [6.45, 7) is 6.04. The Balaban J connectivity index is 1.27. The standard InChI is InChI=1S/C32H36N8O4/c1-21-19-37(15-14-36(21)2)25-10-8-22(16-28(25)43-3)34-32-33-18-24-30(35-32)40-23-9-11-27-26(17-23)38(29(41)20-44-27)12-6-4-5-7-13-39(40)31(24)42/h5,7-11,16-18,21H,4,6,12-15,19-20H2,1-3H3,(H,33,34,35)/b7-5-. The molecule has 7 rings (SSSR count). The lowest BCUT2D eigenvalue weighted by atomic mass is 10.1. The molecule has 228 valence electrons. The minimum absolute atomic E-state index is 0.0157. The van der Waals surface area contributed by atoms with Crippen molar-refractivity contribution in [1.29, 1.82) is 0 Å². The van der Waals surface area contributed by atoms with E-state index < -0.39 is 0 Å². The van der Waals surface area contributed by atoms with Gasteiger partial charge in [-0.2, -0.15) is 4.98 Å². The van der Waals surface area contributed by atoms with E-state index in [-0.39, 0.29) is 18.1 Å². The van der Waals surface area contributed by atoms with Gasteiger partial charge in [-0.3, -0.25) is 9.59 Å². The predicted octanol–water partition coefficient (Wildman–Crippen LogP) is 3.55. The second-order valence-corrected chi connectivity index (χ2v) is 11.5. The number of allylic oxidation sites excluding steroid dienone is 2. The number of amides is 1. The van der Waals surface area contributed by atoms with E-state index in [1.165, 1.54) is 0 Å². The van der Waals surface area contributed by atoms with Crippen LogP contribution in [-0.4, -0.2) is 83.1 Å². The average Bonchev–Trinajstić information content (AvgIpc) is 3.30. The summed E-state index contributed by atoms with van der Waals surface area (Å²) < 4.78 is 15.0. The topological polar surface area (TPSA) is 110 Å². The van der Waals surface area contributed by atoms with Crippen LogP contribution in [0.25, 0.3) is 16.7 Å². The van der Waals surface area contributed by atoms with Crippen LogP contribution in [0.5, 0.6) is 11.5 Å². The molecule has 2 bridgehead atoms. The third-order valence-electron chi connectivity index (χ3n) is 8.74. The Hall–Kier alpha value is -4.84. The van der Waals surface area contributed by atoms with E-state index >= 15 is 0 Å². The highest BCUT2D eigenvalue weighted by Crippen LogP contribution is 2.36. The van der Waals surface area contributed by atoms with E-state index in [1.807, 2.05) is 36.4 Å². The van der Waals surface area contributed by atoms with Gasteiger partial charge in [-0.1, -0.05) is 12.2 Å². The van der Waals surface area contributed by atoms with Gasteiger partial charge in [-0.25, -0.2) is 14.3 Å². The Kier molecular flexibility index (Phi) is 7.21. The van der Waals surface area contributed by atoms with Gasteiger partial charge in [0.2, 0.25) is 5.95 Å². The molecule has 1 atom stereocenters. The van der Waals surface area contributed by atoms with Gasteiger partial charge < -0.3 is 29.5 Å². The number of nitrogens with zero attached hydrogens (tertiary/aromatic N) is 7. The van der Waals surface area contributed by atoms with Crippen LogP contribution in [0.15, 0.2) is 59.5 Å². The van der Waals surface area contributed by atoms with Gasteiger partial charge in [-0.15, -0.1) is 0 Å². The zero-order valence-corrected chi connectivity index (χ0v) is 25.2. The molecule has 0 saturated carbocycles. The molecule has 1 saturated heterocycles. The summed E-state index contributed by atoms with van der Waals surface area (Å²) in [5, 5.41) is 3.71. The number of nitrogens with one attached hydrogen (secondary N) is 1. The first-order chi connectivity index (χ1) is 21.4. The van der Waals surface area contributed by atoms with Gasteiger partial charge in [0, 0.05) is 50.2 Å². The summed E-state index contributed by atoms with van der Waals surface area (Å²) in [6.07, 6.45) is 7.20. The summed E-state index contributed by atoms with van der Waals surface area (Å²) in [5.41, 5.74) is 3.48. The molecule has 0 aliphatic carbocycles. The largest absolute Gasteiger partial charge is 0.495 e. The van der Waals surface area contributed by atoms with Gasteiger partial charge in [-0.05, 0) is 57.1 Å². The Bertz CT molecular complexity index is 1830. The van der Waals surface area contributed by atoms with Crippen LogP contribution < -0.4 is 30.1 Å². The fourth-order valence-corrected chi connectivity index (χ4v) is 6.16. The maximum absolute atomic E-state index is 13.6. The first-order valence-corrected chi connectivity index (χ1v) is 15.0. The fraction of sp³-hybridized carbons (Fsp3) is 0.375. The molecule has 2 aromatic heterocycles. The van der Waals surface area contributed by atoms with Crippen molar-refractivity contribution in [3.8, 4) is 17.2 Å². The van der Waals surface area contributed by atoms with Crippen molar-refractivity contribution in [2.45, 2.75) is 32.4 Å². The van der Waals surface area contributed by atoms with Crippen LogP contribution in [0, 0.1) is 0 Å². The molecular formula is C32H36N8O4. The Morgan fingerprint density at radius 2 is 1.93 bits per heavy atom. The zero-order chi connectivity index (χ0) is 30.4. The molecule has 5 heterocycles. The summed E-state index contributed by atoms with van der Waals surface area (Å²) in [4.78, 5) is 42.2. The summed E-state index contributed by atoms with van der Waals surface area (Å²) >= 11 is 0. The van der Waals surface area contributed by atoms with Gasteiger partial charge in [0.1, 0.15) is 16.9 Å². The summed E-state index contributed by atoms with van der Waals surface area (Å²) in [5.74, 6) is 1.68. The summed E-state index contributed by atoms with van der Waals surface area (Å²) in [6, 6.07) is 12.1. The number of carbonyl (C=O) groups excluding carboxylic acids is 1. The van der Waals surface area contributed by atoms with Crippen molar-refractivity contribution in [1.82, 2.24) is 24.2 Å². The number of ether oxygens (including phenoxy) is 2. The van der Waals surface area contributed by atoms with Crippen LogP contribution in [0.2, 0.25) is 0 Å². The monoisotopic (exact) mass is 596 g/mol. The minimum atomic E-state index is -0.192. The van der Waals surface area contributed by atoms with Crippen molar-refractivity contribution in [2.75, 3.05) is 62.1 Å². The number of rotatable bonds is 4. The number of anilines is 4. The maximum Gasteiger partial charge on any atom is 0.278 e. The SMILES string of the molecule is COc1cc(Nc2ncc3c(=O)n4n(c3n2)-c2ccc3c(c2)N(CCC/C=C\C4)C(=O)CO3)ccc1N1CCN(C)C(C)C1. The highest BCUT2D eigenvalue weighted by atomic mass is 16.5. The molecule has 3 aliphatic heterocycles. The zero-order valence-electron chi connectivity index (χ0n) is 25.2. The number of likely N-dealkylation sites (N-methyl/N-ethyl adjacent to an activating group) is 1. The number of fused-ring (bicyclic) bond motifs is 5. The van der Waals surface area contributed by atoms with Crippen molar-refractivity contribution in [3.05, 3.63) is 65.1 Å². The highest BCUT2D eigenvalue weighted by Gasteiger charge is 2.27. The van der Waals surface area contributed by atoms with Crippen molar-refractivity contribution in [3.63, 3.8) is 0 Å². The Morgan fingerprint density at radius 1 is 1.05 bits per heavy atom. The quantitative estimate of drug-likeness (QED) is 0.354. The van der Waals surface area contributed by atoms with Gasteiger partial charge in [0.25, 0.3) is 11.5 Å². The molecule has 4 aromatic rings. The van der Waals surface area contributed by atoms with Crippen LogP contribution in [0.4, 0.5) is 23.0 Å². The Morgan fingerprint density at radius 3 is 2.77 bits per heavy atom. The van der Waals surface area contributed by atoms with E-state index in [0.29, 0.717) is 53.2 Å². The van der Waals surface area contributed by atoms with Gasteiger partial charge in [0.15, 0.2) is 12.3 Å². The smallest absolute Gasteiger partial charge is 0.278 e. The maximum atomic E-state index is 13.6. The van der Waals surface area contributed by atoms with Crippen LogP contribution in [-0.2, 0) is 11.3 Å². The summed E-state index contributed by atoms with van der Waals surface area (Å²) in [7, 11) is 3.83. The van der Waals surface area contributed by atoms with E-state index in [9.17, 15) is 9.59 Å².